The minimum absolute atomic E-state index is 0.000289. The van der Waals surface area contributed by atoms with Crippen molar-refractivity contribution in [3.8, 4) is 0 Å². The number of benzene rings is 2. The molecule has 0 bridgehead atoms. The summed E-state index contributed by atoms with van der Waals surface area (Å²) >= 11 is 0. The number of amides is 2. The lowest BCUT2D eigenvalue weighted by Crippen LogP contribution is -2.19. The van der Waals surface area contributed by atoms with E-state index in [9.17, 15) is 19.5 Å². The number of carbonyl (C=O) groups is 3. The molecule has 130 valence electrons. The predicted molar refractivity (Wildman–Crippen MR) is 96.0 cm³/mol. The molecule has 0 atom stereocenters. The van der Waals surface area contributed by atoms with Crippen LogP contribution < -0.4 is 10.6 Å². The zero-order chi connectivity index (χ0) is 18.2. The first kappa shape index (κ1) is 18.2. The van der Waals surface area contributed by atoms with E-state index < -0.39 is 11.9 Å². The van der Waals surface area contributed by atoms with E-state index in [4.69, 9.17) is 0 Å². The molecule has 0 saturated carbocycles. The lowest BCUT2D eigenvalue weighted by molar-refractivity contribution is -0.116. The summed E-state index contributed by atoms with van der Waals surface area (Å²) in [6, 6.07) is 12.8. The zero-order valence-electron chi connectivity index (χ0n) is 13.9. The molecule has 6 nitrogen and oxygen atoms in total. The highest BCUT2D eigenvalue weighted by atomic mass is 16.4. The summed E-state index contributed by atoms with van der Waals surface area (Å²) in [5, 5.41) is 14.5. The summed E-state index contributed by atoms with van der Waals surface area (Å²) in [7, 11) is 0. The number of nitrogens with one attached hydrogen (secondary N) is 2. The van der Waals surface area contributed by atoms with Crippen LogP contribution in [0.1, 0.15) is 46.9 Å². The van der Waals surface area contributed by atoms with Gasteiger partial charge in [-0.3, -0.25) is 9.59 Å². The Morgan fingerprint density at radius 2 is 1.44 bits per heavy atom. The first-order valence-corrected chi connectivity index (χ1v) is 8.05. The van der Waals surface area contributed by atoms with Gasteiger partial charge in [0.05, 0.1) is 22.5 Å². The van der Waals surface area contributed by atoms with Gasteiger partial charge in [-0.2, -0.15) is 0 Å². The number of carbonyl (C=O) groups excluding carboxylic acids is 2. The highest BCUT2D eigenvalue weighted by Crippen LogP contribution is 2.20. The molecular formula is C19H20N2O4. The largest absolute Gasteiger partial charge is 0.478 e. The van der Waals surface area contributed by atoms with E-state index in [-0.39, 0.29) is 22.7 Å². The SMILES string of the molecule is CCCCC(=O)Nc1ccccc1C(=O)Nc1ccccc1C(=O)O. The number of aromatic carboxylic acids is 1. The number of anilines is 2. The maximum atomic E-state index is 12.5. The van der Waals surface area contributed by atoms with E-state index >= 15 is 0 Å². The van der Waals surface area contributed by atoms with Crippen LogP contribution in [-0.4, -0.2) is 22.9 Å². The molecule has 2 aromatic rings. The third-order valence-corrected chi connectivity index (χ3v) is 3.61. The Hall–Kier alpha value is -3.15. The first-order valence-electron chi connectivity index (χ1n) is 8.05. The third kappa shape index (κ3) is 4.91. The van der Waals surface area contributed by atoms with Gasteiger partial charge in [0, 0.05) is 6.42 Å². The molecule has 2 amide bonds. The molecule has 0 heterocycles. The van der Waals surface area contributed by atoms with Crippen molar-refractivity contribution < 1.29 is 19.5 Å². The molecule has 0 aliphatic heterocycles. The highest BCUT2D eigenvalue weighted by molar-refractivity contribution is 6.12. The second-order valence-electron chi connectivity index (χ2n) is 5.50. The summed E-state index contributed by atoms with van der Waals surface area (Å²) in [4.78, 5) is 35.7. The molecule has 0 spiro atoms. The van der Waals surface area contributed by atoms with Crippen LogP contribution in [0.2, 0.25) is 0 Å². The van der Waals surface area contributed by atoms with Gasteiger partial charge in [-0.25, -0.2) is 4.79 Å². The van der Waals surface area contributed by atoms with E-state index in [0.717, 1.165) is 12.8 Å². The van der Waals surface area contributed by atoms with Crippen LogP contribution in [0.4, 0.5) is 11.4 Å². The maximum absolute atomic E-state index is 12.5. The lowest BCUT2D eigenvalue weighted by atomic mass is 10.1. The molecule has 0 saturated heterocycles. The van der Waals surface area contributed by atoms with Crippen LogP contribution in [0.25, 0.3) is 0 Å². The second-order valence-corrected chi connectivity index (χ2v) is 5.50. The molecule has 2 rings (SSSR count). The number of rotatable bonds is 7. The Balaban J connectivity index is 2.20. The summed E-state index contributed by atoms with van der Waals surface area (Å²) in [5.74, 6) is -1.77. The average Bonchev–Trinajstić information content (AvgIpc) is 2.60. The predicted octanol–water partition coefficient (Wildman–Crippen LogP) is 3.77. The summed E-state index contributed by atoms with van der Waals surface area (Å²) < 4.78 is 0. The van der Waals surface area contributed by atoms with Gasteiger partial charge in [-0.1, -0.05) is 37.6 Å². The highest BCUT2D eigenvalue weighted by Gasteiger charge is 2.16. The Kier molecular flexibility index (Phi) is 6.28. The van der Waals surface area contributed by atoms with Gasteiger partial charge in [0.1, 0.15) is 0 Å². The van der Waals surface area contributed by atoms with Gasteiger partial charge in [0.25, 0.3) is 5.91 Å². The quantitative estimate of drug-likeness (QED) is 0.715. The van der Waals surface area contributed by atoms with E-state index in [1.807, 2.05) is 6.92 Å². The fourth-order valence-electron chi connectivity index (χ4n) is 2.31. The Bertz CT molecular complexity index is 786. The molecule has 0 aromatic heterocycles. The fraction of sp³-hybridized carbons (Fsp3) is 0.211. The number of hydrogen-bond acceptors (Lipinski definition) is 3. The van der Waals surface area contributed by atoms with Crippen molar-refractivity contribution in [2.75, 3.05) is 10.6 Å². The average molecular weight is 340 g/mol. The number of carboxylic acid groups (broad SMARTS) is 1. The van der Waals surface area contributed by atoms with Gasteiger partial charge in [0.15, 0.2) is 0 Å². The standard InChI is InChI=1S/C19H20N2O4/c1-2-3-12-17(22)20-15-10-6-4-8-13(15)18(23)21-16-11-7-5-9-14(16)19(24)25/h4-11H,2-3,12H2,1H3,(H,20,22)(H,21,23)(H,24,25). The monoisotopic (exact) mass is 340 g/mol. The minimum Gasteiger partial charge on any atom is -0.478 e. The molecule has 0 aliphatic rings. The van der Waals surface area contributed by atoms with Crippen LogP contribution in [-0.2, 0) is 4.79 Å². The van der Waals surface area contributed by atoms with Crippen molar-refractivity contribution in [3.63, 3.8) is 0 Å². The van der Waals surface area contributed by atoms with E-state index in [1.165, 1.54) is 12.1 Å². The maximum Gasteiger partial charge on any atom is 0.337 e. The number of para-hydroxylation sites is 2. The fourth-order valence-corrected chi connectivity index (χ4v) is 2.31. The smallest absolute Gasteiger partial charge is 0.337 e. The molecule has 0 aliphatic carbocycles. The van der Waals surface area contributed by atoms with Crippen molar-refractivity contribution in [3.05, 3.63) is 59.7 Å². The van der Waals surface area contributed by atoms with E-state index in [2.05, 4.69) is 10.6 Å². The minimum atomic E-state index is -1.13. The molecule has 0 radical (unpaired) electrons. The first-order chi connectivity index (χ1) is 12.0. The summed E-state index contributed by atoms with van der Waals surface area (Å²) in [6.07, 6.45) is 2.06. The molecule has 0 fully saturated rings. The lowest BCUT2D eigenvalue weighted by Gasteiger charge is -2.12. The van der Waals surface area contributed by atoms with E-state index in [1.54, 1.807) is 36.4 Å². The molecule has 0 unspecified atom stereocenters. The zero-order valence-corrected chi connectivity index (χ0v) is 13.9. The molecule has 25 heavy (non-hydrogen) atoms. The van der Waals surface area contributed by atoms with Crippen LogP contribution >= 0.6 is 0 Å². The van der Waals surface area contributed by atoms with Crippen molar-refractivity contribution in [1.29, 1.82) is 0 Å². The molecule has 2 aromatic carbocycles. The number of hydrogen-bond donors (Lipinski definition) is 3. The van der Waals surface area contributed by atoms with Gasteiger partial charge >= 0.3 is 5.97 Å². The third-order valence-electron chi connectivity index (χ3n) is 3.61. The van der Waals surface area contributed by atoms with Gasteiger partial charge in [-0.15, -0.1) is 0 Å². The van der Waals surface area contributed by atoms with Crippen LogP contribution in [0.3, 0.4) is 0 Å². The van der Waals surface area contributed by atoms with Crippen LogP contribution in [0.15, 0.2) is 48.5 Å². The number of unbranched alkanes of at least 4 members (excludes halogenated alkanes) is 1. The van der Waals surface area contributed by atoms with Gasteiger partial charge in [-0.05, 0) is 30.7 Å². The van der Waals surface area contributed by atoms with Crippen molar-refractivity contribution in [1.82, 2.24) is 0 Å². The number of carboxylic acids is 1. The second kappa shape index (κ2) is 8.63. The molecule has 3 N–H and O–H groups in total. The summed E-state index contributed by atoms with van der Waals surface area (Å²) in [5.41, 5.74) is 0.869. The normalized spacial score (nSPS) is 10.1. The van der Waals surface area contributed by atoms with Crippen molar-refractivity contribution in [2.45, 2.75) is 26.2 Å². The van der Waals surface area contributed by atoms with Crippen molar-refractivity contribution >= 4 is 29.2 Å². The Morgan fingerprint density at radius 1 is 0.880 bits per heavy atom. The topological polar surface area (TPSA) is 95.5 Å². The van der Waals surface area contributed by atoms with Crippen LogP contribution in [0, 0.1) is 0 Å². The Morgan fingerprint density at radius 3 is 2.04 bits per heavy atom. The van der Waals surface area contributed by atoms with E-state index in [0.29, 0.717) is 12.1 Å². The van der Waals surface area contributed by atoms with Crippen LogP contribution in [0.5, 0.6) is 0 Å². The molecular weight excluding hydrogens is 320 g/mol. The molecule has 6 heteroatoms. The van der Waals surface area contributed by atoms with Gasteiger partial charge in [0.2, 0.25) is 5.91 Å². The van der Waals surface area contributed by atoms with Crippen molar-refractivity contribution in [2.24, 2.45) is 0 Å². The Labute approximate surface area is 145 Å². The van der Waals surface area contributed by atoms with Gasteiger partial charge < -0.3 is 15.7 Å². The summed E-state index contributed by atoms with van der Waals surface area (Å²) in [6.45, 7) is 1.99.